The number of ether oxygens (including phenoxy) is 1. The van der Waals surface area contributed by atoms with E-state index < -0.39 is 28.5 Å². The Balaban J connectivity index is 2.03. The van der Waals surface area contributed by atoms with Gasteiger partial charge in [0, 0.05) is 5.69 Å². The van der Waals surface area contributed by atoms with Crippen LogP contribution in [0.2, 0.25) is 5.02 Å². The molecular formula is C17H17ClN2O5S. The van der Waals surface area contributed by atoms with E-state index >= 15 is 0 Å². The van der Waals surface area contributed by atoms with Crippen LogP contribution in [0, 0.1) is 0 Å². The van der Waals surface area contributed by atoms with Crippen LogP contribution in [-0.2, 0) is 26.0 Å². The lowest BCUT2D eigenvalue weighted by Crippen LogP contribution is -2.21. The van der Waals surface area contributed by atoms with E-state index in [4.69, 9.17) is 21.5 Å². The number of esters is 1. The quantitative estimate of drug-likeness (QED) is 0.727. The molecule has 2 aromatic carbocycles. The Kier molecular flexibility index (Phi) is 6.36. The molecule has 9 heteroatoms. The van der Waals surface area contributed by atoms with E-state index in [2.05, 4.69) is 5.32 Å². The molecule has 0 saturated heterocycles. The highest BCUT2D eigenvalue weighted by molar-refractivity contribution is 7.89. The van der Waals surface area contributed by atoms with Crippen molar-refractivity contribution in [1.29, 1.82) is 0 Å². The highest BCUT2D eigenvalue weighted by Gasteiger charge is 2.18. The number of primary sulfonamides is 1. The smallest absolute Gasteiger partial charge is 0.340 e. The molecule has 26 heavy (non-hydrogen) atoms. The summed E-state index contributed by atoms with van der Waals surface area (Å²) in [5, 5.41) is 7.61. The Morgan fingerprint density at radius 2 is 1.92 bits per heavy atom. The van der Waals surface area contributed by atoms with Gasteiger partial charge in [-0.15, -0.1) is 0 Å². The Bertz CT molecular complexity index is 944. The van der Waals surface area contributed by atoms with E-state index in [0.717, 1.165) is 18.1 Å². The standard InChI is InChI=1S/C17H17ClN2O5S/c1-2-11-4-3-5-12(8-11)20-16(21)10-25-17(22)14-9-13(26(19,23)24)6-7-15(14)18/h3-9H,2,10H2,1H3,(H,20,21)(H2,19,23,24). The molecule has 0 radical (unpaired) electrons. The molecule has 138 valence electrons. The molecule has 2 rings (SSSR count). The van der Waals surface area contributed by atoms with Crippen molar-refractivity contribution in [3.8, 4) is 0 Å². The van der Waals surface area contributed by atoms with Crippen LogP contribution >= 0.6 is 11.6 Å². The molecular weight excluding hydrogens is 380 g/mol. The van der Waals surface area contributed by atoms with Crippen LogP contribution in [0.5, 0.6) is 0 Å². The Hall–Kier alpha value is -2.42. The zero-order chi connectivity index (χ0) is 19.3. The third-order valence-corrected chi connectivity index (χ3v) is 4.68. The molecule has 2 aromatic rings. The number of carbonyl (C=O) groups excluding carboxylic acids is 2. The van der Waals surface area contributed by atoms with Gasteiger partial charge in [0.25, 0.3) is 5.91 Å². The maximum atomic E-state index is 12.1. The molecule has 0 saturated carbocycles. The number of hydrogen-bond donors (Lipinski definition) is 2. The van der Waals surface area contributed by atoms with Gasteiger partial charge >= 0.3 is 5.97 Å². The van der Waals surface area contributed by atoms with E-state index in [0.29, 0.717) is 5.69 Å². The van der Waals surface area contributed by atoms with Gasteiger partial charge in [0.1, 0.15) is 0 Å². The minimum absolute atomic E-state index is 0.0153. The van der Waals surface area contributed by atoms with Crippen LogP contribution in [0.4, 0.5) is 5.69 Å². The van der Waals surface area contributed by atoms with Crippen molar-refractivity contribution in [2.75, 3.05) is 11.9 Å². The zero-order valence-electron chi connectivity index (χ0n) is 13.9. The third kappa shape index (κ3) is 5.29. The molecule has 1 amide bonds. The SMILES string of the molecule is CCc1cccc(NC(=O)COC(=O)c2cc(S(N)(=O)=O)ccc2Cl)c1. The maximum absolute atomic E-state index is 12.1. The number of sulfonamides is 1. The number of nitrogens with two attached hydrogens (primary N) is 1. The summed E-state index contributed by atoms with van der Waals surface area (Å²) >= 11 is 5.88. The summed E-state index contributed by atoms with van der Waals surface area (Å²) in [6.07, 6.45) is 0.817. The lowest BCUT2D eigenvalue weighted by atomic mass is 10.1. The summed E-state index contributed by atoms with van der Waals surface area (Å²) in [4.78, 5) is 23.7. The number of carbonyl (C=O) groups is 2. The summed E-state index contributed by atoms with van der Waals surface area (Å²) in [7, 11) is -4.00. The molecule has 0 atom stereocenters. The first-order chi connectivity index (χ1) is 12.2. The summed E-state index contributed by atoms with van der Waals surface area (Å²) in [5.41, 5.74) is 1.44. The van der Waals surface area contributed by atoms with Crippen molar-refractivity contribution in [3.05, 3.63) is 58.6 Å². The van der Waals surface area contributed by atoms with Crippen molar-refractivity contribution in [3.63, 3.8) is 0 Å². The summed E-state index contributed by atoms with van der Waals surface area (Å²) in [6, 6.07) is 10.6. The predicted octanol–water partition coefficient (Wildman–Crippen LogP) is 2.35. The molecule has 7 nitrogen and oxygen atoms in total. The van der Waals surface area contributed by atoms with E-state index in [-0.39, 0.29) is 15.5 Å². The number of nitrogens with one attached hydrogen (secondary N) is 1. The number of amides is 1. The normalized spacial score (nSPS) is 11.0. The second-order valence-electron chi connectivity index (χ2n) is 5.36. The summed E-state index contributed by atoms with van der Waals surface area (Å²) < 4.78 is 27.6. The highest BCUT2D eigenvalue weighted by atomic mass is 35.5. The van der Waals surface area contributed by atoms with Crippen molar-refractivity contribution in [2.24, 2.45) is 5.14 Å². The fourth-order valence-electron chi connectivity index (χ4n) is 2.11. The highest BCUT2D eigenvalue weighted by Crippen LogP contribution is 2.21. The number of anilines is 1. The number of aryl methyl sites for hydroxylation is 1. The third-order valence-electron chi connectivity index (χ3n) is 3.44. The topological polar surface area (TPSA) is 116 Å². The first-order valence-electron chi connectivity index (χ1n) is 7.59. The first-order valence-corrected chi connectivity index (χ1v) is 9.51. The number of rotatable bonds is 6. The van der Waals surface area contributed by atoms with Crippen molar-refractivity contribution in [1.82, 2.24) is 0 Å². The second-order valence-corrected chi connectivity index (χ2v) is 7.33. The molecule has 0 fully saturated rings. The van der Waals surface area contributed by atoms with Gasteiger partial charge in [-0.1, -0.05) is 30.7 Å². The Labute approximate surface area is 156 Å². The van der Waals surface area contributed by atoms with Crippen LogP contribution in [0.15, 0.2) is 47.4 Å². The monoisotopic (exact) mass is 396 g/mol. The Morgan fingerprint density at radius 3 is 2.58 bits per heavy atom. The van der Waals surface area contributed by atoms with Crippen LogP contribution in [0.3, 0.4) is 0 Å². The molecule has 0 spiro atoms. The van der Waals surface area contributed by atoms with Crippen LogP contribution < -0.4 is 10.5 Å². The molecule has 0 unspecified atom stereocenters. The molecule has 3 N–H and O–H groups in total. The number of hydrogen-bond acceptors (Lipinski definition) is 5. The predicted molar refractivity (Wildman–Crippen MR) is 97.6 cm³/mol. The minimum Gasteiger partial charge on any atom is -0.452 e. The lowest BCUT2D eigenvalue weighted by molar-refractivity contribution is -0.119. The van der Waals surface area contributed by atoms with Gasteiger partial charge in [0.2, 0.25) is 10.0 Å². The molecule has 0 aromatic heterocycles. The molecule has 0 heterocycles. The van der Waals surface area contributed by atoms with Gasteiger partial charge in [-0.25, -0.2) is 18.4 Å². The summed E-state index contributed by atoms with van der Waals surface area (Å²) in [6.45, 7) is 1.44. The second kappa shape index (κ2) is 8.31. The number of benzene rings is 2. The fraction of sp³-hybridized carbons (Fsp3) is 0.176. The van der Waals surface area contributed by atoms with Crippen LogP contribution in [0.25, 0.3) is 0 Å². The average molecular weight is 397 g/mol. The van der Waals surface area contributed by atoms with Gasteiger partial charge in [0.05, 0.1) is 15.5 Å². The van der Waals surface area contributed by atoms with E-state index in [1.165, 1.54) is 12.1 Å². The zero-order valence-corrected chi connectivity index (χ0v) is 15.4. The van der Waals surface area contributed by atoms with E-state index in [1.807, 2.05) is 19.1 Å². The van der Waals surface area contributed by atoms with Gasteiger partial charge in [-0.2, -0.15) is 0 Å². The molecule has 0 aliphatic carbocycles. The van der Waals surface area contributed by atoms with Crippen molar-refractivity contribution < 1.29 is 22.7 Å². The largest absolute Gasteiger partial charge is 0.452 e. The van der Waals surface area contributed by atoms with Crippen LogP contribution in [-0.4, -0.2) is 26.9 Å². The van der Waals surface area contributed by atoms with E-state index in [1.54, 1.807) is 12.1 Å². The van der Waals surface area contributed by atoms with E-state index in [9.17, 15) is 18.0 Å². The van der Waals surface area contributed by atoms with Crippen LogP contribution in [0.1, 0.15) is 22.8 Å². The lowest BCUT2D eigenvalue weighted by Gasteiger charge is -2.09. The summed E-state index contributed by atoms with van der Waals surface area (Å²) in [5.74, 6) is -1.47. The molecule has 0 aliphatic heterocycles. The van der Waals surface area contributed by atoms with Crippen molar-refractivity contribution in [2.45, 2.75) is 18.2 Å². The van der Waals surface area contributed by atoms with Gasteiger partial charge in [0.15, 0.2) is 6.61 Å². The van der Waals surface area contributed by atoms with Crippen molar-refractivity contribution >= 4 is 39.2 Å². The first kappa shape index (κ1) is 19.9. The fourth-order valence-corrected chi connectivity index (χ4v) is 2.85. The average Bonchev–Trinajstić information content (AvgIpc) is 2.59. The van der Waals surface area contributed by atoms with Gasteiger partial charge < -0.3 is 10.1 Å². The van der Waals surface area contributed by atoms with Gasteiger partial charge in [-0.05, 0) is 42.3 Å². The molecule has 0 bridgehead atoms. The maximum Gasteiger partial charge on any atom is 0.340 e. The Morgan fingerprint density at radius 1 is 1.19 bits per heavy atom. The minimum atomic E-state index is -4.00. The number of halogens is 1. The van der Waals surface area contributed by atoms with Gasteiger partial charge in [-0.3, -0.25) is 4.79 Å². The molecule has 0 aliphatic rings.